The van der Waals surface area contributed by atoms with Gasteiger partial charge in [-0.25, -0.2) is 0 Å². The summed E-state index contributed by atoms with van der Waals surface area (Å²) < 4.78 is 1.14. The van der Waals surface area contributed by atoms with Crippen LogP contribution in [0.5, 0.6) is 0 Å². The minimum Gasteiger partial charge on any atom is -0.318 e. The Kier molecular flexibility index (Phi) is 4.42. The second kappa shape index (κ2) is 5.37. The molecule has 3 N–H and O–H groups in total. The maximum absolute atomic E-state index is 5.34. The Balaban J connectivity index is 2.59. The van der Waals surface area contributed by atoms with Gasteiger partial charge in [-0.2, -0.15) is 0 Å². The quantitative estimate of drug-likeness (QED) is 0.625. The first kappa shape index (κ1) is 10.7. The smallest absolute Gasteiger partial charge is 0.0428 e. The summed E-state index contributed by atoms with van der Waals surface area (Å²) in [5, 5.41) is 3.11. The maximum atomic E-state index is 5.34. The number of aryl methyl sites for hydroxylation is 1. The molecule has 0 aliphatic heterocycles. The Hall–Kier alpha value is -0.380. The molecule has 1 aromatic rings. The van der Waals surface area contributed by atoms with Crippen LogP contribution in [0.25, 0.3) is 0 Å². The monoisotopic (exact) mass is 242 g/mol. The van der Waals surface area contributed by atoms with E-state index in [0.29, 0.717) is 6.67 Å². The molecule has 1 aromatic carbocycles. The van der Waals surface area contributed by atoms with Gasteiger partial charge in [0.2, 0.25) is 0 Å². The van der Waals surface area contributed by atoms with Crippen molar-refractivity contribution in [2.24, 2.45) is 5.73 Å². The summed E-state index contributed by atoms with van der Waals surface area (Å²) in [5.41, 5.74) is 8.05. The lowest BCUT2D eigenvalue weighted by atomic mass is 10.1. The van der Waals surface area contributed by atoms with Crippen LogP contribution in [0.15, 0.2) is 22.7 Å². The summed E-state index contributed by atoms with van der Waals surface area (Å²) in [4.78, 5) is 0. The zero-order valence-corrected chi connectivity index (χ0v) is 9.39. The van der Waals surface area contributed by atoms with Crippen LogP contribution in [0.2, 0.25) is 0 Å². The Bertz CT molecular complexity index is 274. The van der Waals surface area contributed by atoms with Gasteiger partial charge in [-0.15, -0.1) is 0 Å². The third-order valence-electron chi connectivity index (χ3n) is 2.03. The van der Waals surface area contributed by atoms with Crippen molar-refractivity contribution in [3.05, 3.63) is 33.8 Å². The lowest BCUT2D eigenvalue weighted by molar-refractivity contribution is 0.699. The van der Waals surface area contributed by atoms with Gasteiger partial charge in [0, 0.05) is 17.7 Å². The Labute approximate surface area is 87.6 Å². The van der Waals surface area contributed by atoms with Crippen LogP contribution in [0.3, 0.4) is 0 Å². The normalized spacial score (nSPS) is 10.4. The van der Waals surface area contributed by atoms with E-state index in [0.717, 1.165) is 17.4 Å². The van der Waals surface area contributed by atoms with Crippen LogP contribution < -0.4 is 11.1 Å². The molecule has 0 saturated carbocycles. The van der Waals surface area contributed by atoms with Crippen LogP contribution in [0, 0.1) is 6.92 Å². The molecule has 72 valence electrons. The summed E-state index contributed by atoms with van der Waals surface area (Å²) >= 11 is 3.46. The third kappa shape index (κ3) is 3.46. The summed E-state index contributed by atoms with van der Waals surface area (Å²) in [6.07, 6.45) is 1.03. The predicted octanol–water partition coefficient (Wildman–Crippen LogP) is 1.81. The van der Waals surface area contributed by atoms with Crippen molar-refractivity contribution in [2.45, 2.75) is 13.3 Å². The summed E-state index contributed by atoms with van der Waals surface area (Å²) in [6.45, 7) is 3.62. The highest BCUT2D eigenvalue weighted by Crippen LogP contribution is 2.16. The molecule has 0 radical (unpaired) electrons. The van der Waals surface area contributed by atoms with Crippen LogP contribution in [-0.4, -0.2) is 13.2 Å². The van der Waals surface area contributed by atoms with Crippen molar-refractivity contribution in [1.29, 1.82) is 0 Å². The molecule has 0 bridgehead atoms. The van der Waals surface area contributed by atoms with Crippen LogP contribution in [0.1, 0.15) is 11.1 Å². The largest absolute Gasteiger partial charge is 0.318 e. The number of nitrogens with one attached hydrogen (secondary N) is 1. The lowest BCUT2D eigenvalue weighted by Crippen LogP contribution is -2.24. The molecule has 0 atom stereocenters. The van der Waals surface area contributed by atoms with E-state index in [1.807, 2.05) is 0 Å². The molecule has 3 heteroatoms. The number of benzene rings is 1. The zero-order valence-electron chi connectivity index (χ0n) is 7.81. The van der Waals surface area contributed by atoms with E-state index < -0.39 is 0 Å². The third-order valence-corrected chi connectivity index (χ3v) is 2.52. The van der Waals surface area contributed by atoms with Crippen LogP contribution >= 0.6 is 15.9 Å². The Morgan fingerprint density at radius 2 is 2.23 bits per heavy atom. The molecule has 0 aliphatic rings. The molecule has 0 unspecified atom stereocenters. The van der Waals surface area contributed by atoms with Gasteiger partial charge in [0.05, 0.1) is 0 Å². The number of hydrogen-bond donors (Lipinski definition) is 2. The summed E-state index contributed by atoms with van der Waals surface area (Å²) in [6, 6.07) is 6.35. The molecule has 0 aliphatic carbocycles. The molecule has 1 rings (SSSR count). The highest BCUT2D eigenvalue weighted by atomic mass is 79.9. The first-order valence-electron chi connectivity index (χ1n) is 4.40. The van der Waals surface area contributed by atoms with Crippen LogP contribution in [-0.2, 0) is 6.42 Å². The van der Waals surface area contributed by atoms with E-state index in [-0.39, 0.29) is 0 Å². The maximum Gasteiger partial charge on any atom is 0.0428 e. The van der Waals surface area contributed by atoms with Gasteiger partial charge in [0.25, 0.3) is 0 Å². The fraction of sp³-hybridized carbons (Fsp3) is 0.400. The van der Waals surface area contributed by atoms with Crippen molar-refractivity contribution in [2.75, 3.05) is 13.2 Å². The average Bonchev–Trinajstić information content (AvgIpc) is 2.11. The highest BCUT2D eigenvalue weighted by Gasteiger charge is 1.98. The molecule has 0 spiro atoms. The number of rotatable bonds is 4. The predicted molar refractivity (Wildman–Crippen MR) is 59.6 cm³/mol. The molecular formula is C10H15BrN2. The molecule has 13 heavy (non-hydrogen) atoms. The molecule has 0 aromatic heterocycles. The van der Waals surface area contributed by atoms with Gasteiger partial charge >= 0.3 is 0 Å². The second-order valence-corrected chi connectivity index (χ2v) is 3.94. The van der Waals surface area contributed by atoms with Crippen molar-refractivity contribution in [3.63, 3.8) is 0 Å². The van der Waals surface area contributed by atoms with Crippen molar-refractivity contribution in [3.8, 4) is 0 Å². The minimum absolute atomic E-state index is 0.549. The van der Waals surface area contributed by atoms with Gasteiger partial charge in [-0.1, -0.05) is 22.0 Å². The topological polar surface area (TPSA) is 38.0 Å². The van der Waals surface area contributed by atoms with E-state index in [1.54, 1.807) is 0 Å². The molecule has 0 amide bonds. The molecule has 0 heterocycles. The van der Waals surface area contributed by atoms with E-state index >= 15 is 0 Å². The van der Waals surface area contributed by atoms with Crippen molar-refractivity contribution in [1.82, 2.24) is 5.32 Å². The van der Waals surface area contributed by atoms with E-state index in [9.17, 15) is 0 Å². The molecule has 0 saturated heterocycles. The minimum atomic E-state index is 0.549. The van der Waals surface area contributed by atoms with Crippen molar-refractivity contribution >= 4 is 15.9 Å². The fourth-order valence-corrected chi connectivity index (χ4v) is 1.64. The lowest BCUT2D eigenvalue weighted by Gasteiger charge is -2.06. The van der Waals surface area contributed by atoms with Gasteiger partial charge in [-0.05, 0) is 36.6 Å². The van der Waals surface area contributed by atoms with Crippen molar-refractivity contribution < 1.29 is 0 Å². The van der Waals surface area contributed by atoms with Gasteiger partial charge < -0.3 is 11.1 Å². The number of halogens is 1. The first-order chi connectivity index (χ1) is 6.24. The van der Waals surface area contributed by atoms with Crippen LogP contribution in [0.4, 0.5) is 0 Å². The summed E-state index contributed by atoms with van der Waals surface area (Å²) in [7, 11) is 0. The van der Waals surface area contributed by atoms with E-state index in [4.69, 9.17) is 5.73 Å². The van der Waals surface area contributed by atoms with E-state index in [2.05, 4.69) is 46.4 Å². The van der Waals surface area contributed by atoms with Gasteiger partial charge in [0.15, 0.2) is 0 Å². The van der Waals surface area contributed by atoms with Gasteiger partial charge in [-0.3, -0.25) is 0 Å². The second-order valence-electron chi connectivity index (χ2n) is 3.02. The zero-order chi connectivity index (χ0) is 9.68. The van der Waals surface area contributed by atoms with E-state index in [1.165, 1.54) is 11.1 Å². The number of nitrogens with two attached hydrogens (primary N) is 1. The molecule has 0 fully saturated rings. The molecular weight excluding hydrogens is 228 g/mol. The highest BCUT2D eigenvalue weighted by molar-refractivity contribution is 9.10. The van der Waals surface area contributed by atoms with Gasteiger partial charge in [0.1, 0.15) is 0 Å². The fourth-order valence-electron chi connectivity index (χ4n) is 1.23. The number of hydrogen-bond acceptors (Lipinski definition) is 2. The Morgan fingerprint density at radius 3 is 2.92 bits per heavy atom. The standard InChI is InChI=1S/C10H15BrN2/c1-8-2-3-10(11)6-9(8)4-5-13-7-12/h2-3,6,13H,4-5,7,12H2,1H3. The Morgan fingerprint density at radius 1 is 1.46 bits per heavy atom. The molecule has 2 nitrogen and oxygen atoms in total. The SMILES string of the molecule is Cc1ccc(Br)cc1CCNCN. The summed E-state index contributed by atoms with van der Waals surface area (Å²) in [5.74, 6) is 0. The first-order valence-corrected chi connectivity index (χ1v) is 5.19. The average molecular weight is 243 g/mol.